The highest BCUT2D eigenvalue weighted by Gasteiger charge is 2.30. The van der Waals surface area contributed by atoms with Crippen molar-refractivity contribution in [2.24, 2.45) is 5.92 Å². The van der Waals surface area contributed by atoms with E-state index in [1.165, 1.54) is 12.8 Å². The Morgan fingerprint density at radius 1 is 1.36 bits per heavy atom. The maximum absolute atomic E-state index is 12.4. The molecule has 1 heterocycles. The highest BCUT2D eigenvalue weighted by Crippen LogP contribution is 2.31. The van der Waals surface area contributed by atoms with E-state index >= 15 is 0 Å². The second kappa shape index (κ2) is 5.88. The summed E-state index contributed by atoms with van der Waals surface area (Å²) in [6.07, 6.45) is 2.18. The molecule has 1 amide bonds. The number of nitrogens with zero attached hydrogens (tertiary/aromatic N) is 2. The molecule has 0 atom stereocenters. The molecule has 1 aromatic carbocycles. The lowest BCUT2D eigenvalue weighted by molar-refractivity contribution is 0.0224. The van der Waals surface area contributed by atoms with E-state index in [4.69, 9.17) is 4.74 Å². The maximum Gasteiger partial charge on any atom is 0.410 e. The van der Waals surface area contributed by atoms with Gasteiger partial charge in [0.1, 0.15) is 10.6 Å². The van der Waals surface area contributed by atoms with Crippen molar-refractivity contribution in [2.45, 2.75) is 45.8 Å². The van der Waals surface area contributed by atoms with Gasteiger partial charge in [0, 0.05) is 6.54 Å². The Morgan fingerprint density at radius 3 is 2.73 bits per heavy atom. The fourth-order valence-electron chi connectivity index (χ4n) is 2.29. The molecule has 0 bridgehead atoms. The summed E-state index contributed by atoms with van der Waals surface area (Å²) in [6.45, 7) is 7.00. The quantitative estimate of drug-likeness (QED) is 0.836. The van der Waals surface area contributed by atoms with Gasteiger partial charge in [-0.3, -0.25) is 0 Å². The zero-order valence-corrected chi connectivity index (χ0v) is 14.2. The third-order valence-corrected chi connectivity index (χ3v) is 4.51. The van der Waals surface area contributed by atoms with E-state index in [2.05, 4.69) is 11.1 Å². The number of rotatable bonds is 4. The lowest BCUT2D eigenvalue weighted by atomic mass is 10.2. The van der Waals surface area contributed by atoms with Crippen LogP contribution in [0.1, 0.15) is 38.6 Å². The molecule has 1 saturated carbocycles. The number of benzene rings is 1. The first kappa shape index (κ1) is 15.3. The smallest absolute Gasteiger partial charge is 0.410 e. The van der Waals surface area contributed by atoms with Gasteiger partial charge in [-0.2, -0.15) is 0 Å². The average molecular weight is 318 g/mol. The first-order valence-corrected chi connectivity index (χ1v) is 8.55. The fraction of sp³-hybridized carbons (Fsp3) is 0.529. The number of carbonyl (C=O) groups is 1. The number of thiazole rings is 1. The molecule has 1 aromatic heterocycles. The SMILES string of the molecule is CC(C)(C)OC(=O)N(Cc1nc2ccccc2s1)CC1CC1. The van der Waals surface area contributed by atoms with E-state index in [-0.39, 0.29) is 6.09 Å². The molecule has 0 radical (unpaired) electrons. The molecule has 22 heavy (non-hydrogen) atoms. The molecule has 0 aliphatic heterocycles. The maximum atomic E-state index is 12.4. The van der Waals surface area contributed by atoms with E-state index < -0.39 is 5.60 Å². The van der Waals surface area contributed by atoms with E-state index in [0.29, 0.717) is 12.5 Å². The largest absolute Gasteiger partial charge is 0.444 e. The Bertz CT molecular complexity index is 638. The van der Waals surface area contributed by atoms with Gasteiger partial charge < -0.3 is 9.64 Å². The van der Waals surface area contributed by atoms with Crippen molar-refractivity contribution in [3.8, 4) is 0 Å². The molecule has 0 N–H and O–H groups in total. The van der Waals surface area contributed by atoms with Gasteiger partial charge in [0.05, 0.1) is 16.8 Å². The number of ether oxygens (including phenoxy) is 1. The van der Waals surface area contributed by atoms with Crippen LogP contribution in [0.2, 0.25) is 0 Å². The van der Waals surface area contributed by atoms with E-state index in [1.807, 2.05) is 39.0 Å². The Labute approximate surface area is 135 Å². The summed E-state index contributed by atoms with van der Waals surface area (Å²) in [4.78, 5) is 18.9. The lowest BCUT2D eigenvalue weighted by Gasteiger charge is -2.26. The number of hydrogen-bond acceptors (Lipinski definition) is 4. The summed E-state index contributed by atoms with van der Waals surface area (Å²) >= 11 is 1.65. The Kier molecular flexibility index (Phi) is 4.08. The van der Waals surface area contributed by atoms with Gasteiger partial charge in [-0.25, -0.2) is 9.78 Å². The van der Waals surface area contributed by atoms with Gasteiger partial charge in [0.2, 0.25) is 0 Å². The summed E-state index contributed by atoms with van der Waals surface area (Å²) < 4.78 is 6.70. The number of aromatic nitrogens is 1. The standard InChI is InChI=1S/C17H22N2O2S/c1-17(2,3)21-16(20)19(10-12-8-9-12)11-15-18-13-6-4-5-7-14(13)22-15/h4-7,12H,8-11H2,1-3H3. The van der Waals surface area contributed by atoms with Crippen molar-refractivity contribution in [3.63, 3.8) is 0 Å². The summed E-state index contributed by atoms with van der Waals surface area (Å²) in [5.74, 6) is 0.627. The van der Waals surface area contributed by atoms with Crippen molar-refractivity contribution < 1.29 is 9.53 Å². The van der Waals surface area contributed by atoms with Crippen LogP contribution in [0.25, 0.3) is 10.2 Å². The molecule has 2 aromatic rings. The number of fused-ring (bicyclic) bond motifs is 1. The normalized spacial score (nSPS) is 15.0. The lowest BCUT2D eigenvalue weighted by Crippen LogP contribution is -2.37. The molecular formula is C17H22N2O2S. The summed E-state index contributed by atoms with van der Waals surface area (Å²) in [7, 11) is 0. The van der Waals surface area contributed by atoms with Crippen molar-refractivity contribution in [1.82, 2.24) is 9.88 Å². The second-order valence-electron chi connectivity index (χ2n) is 6.88. The molecule has 5 heteroatoms. The molecule has 0 spiro atoms. The first-order chi connectivity index (χ1) is 10.4. The summed E-state index contributed by atoms with van der Waals surface area (Å²) in [5.41, 5.74) is 0.532. The zero-order valence-electron chi connectivity index (χ0n) is 13.3. The molecule has 1 aliphatic carbocycles. The van der Waals surface area contributed by atoms with Gasteiger partial charge >= 0.3 is 6.09 Å². The van der Waals surface area contributed by atoms with Crippen LogP contribution in [-0.4, -0.2) is 28.1 Å². The highest BCUT2D eigenvalue weighted by molar-refractivity contribution is 7.18. The van der Waals surface area contributed by atoms with E-state index in [1.54, 1.807) is 16.2 Å². The van der Waals surface area contributed by atoms with Gasteiger partial charge in [-0.1, -0.05) is 12.1 Å². The Balaban J connectivity index is 1.75. The van der Waals surface area contributed by atoms with Gasteiger partial charge in [0.15, 0.2) is 0 Å². The molecule has 3 rings (SSSR count). The molecule has 118 valence electrons. The third-order valence-electron chi connectivity index (χ3n) is 3.49. The minimum atomic E-state index is -0.466. The monoisotopic (exact) mass is 318 g/mol. The molecule has 0 saturated heterocycles. The second-order valence-corrected chi connectivity index (χ2v) is 7.99. The van der Waals surface area contributed by atoms with Crippen LogP contribution in [0.3, 0.4) is 0 Å². The van der Waals surface area contributed by atoms with Crippen molar-refractivity contribution in [1.29, 1.82) is 0 Å². The number of amides is 1. The minimum absolute atomic E-state index is 0.237. The first-order valence-electron chi connectivity index (χ1n) is 7.73. The van der Waals surface area contributed by atoms with Gasteiger partial charge in [-0.05, 0) is 51.7 Å². The Hall–Kier alpha value is -1.62. The molecular weight excluding hydrogens is 296 g/mol. The molecule has 4 nitrogen and oxygen atoms in total. The van der Waals surface area contributed by atoms with Crippen LogP contribution in [0.5, 0.6) is 0 Å². The van der Waals surface area contributed by atoms with Crippen LogP contribution in [0.4, 0.5) is 4.79 Å². The number of para-hydroxylation sites is 1. The zero-order chi connectivity index (χ0) is 15.7. The Morgan fingerprint density at radius 2 is 2.09 bits per heavy atom. The number of carbonyl (C=O) groups excluding carboxylic acids is 1. The van der Waals surface area contributed by atoms with Crippen LogP contribution in [0.15, 0.2) is 24.3 Å². The predicted molar refractivity (Wildman–Crippen MR) is 89.0 cm³/mol. The fourth-order valence-corrected chi connectivity index (χ4v) is 3.28. The minimum Gasteiger partial charge on any atom is -0.444 e. The van der Waals surface area contributed by atoms with E-state index in [0.717, 1.165) is 21.8 Å². The van der Waals surface area contributed by atoms with Crippen molar-refractivity contribution in [2.75, 3.05) is 6.54 Å². The summed E-state index contributed by atoms with van der Waals surface area (Å²) in [5, 5.41) is 0.965. The third kappa shape index (κ3) is 3.97. The van der Waals surface area contributed by atoms with Gasteiger partial charge in [0.25, 0.3) is 0 Å². The topological polar surface area (TPSA) is 42.4 Å². The van der Waals surface area contributed by atoms with Crippen LogP contribution in [0, 0.1) is 5.92 Å². The molecule has 1 fully saturated rings. The molecule has 0 unspecified atom stereocenters. The van der Waals surface area contributed by atoms with Crippen LogP contribution in [-0.2, 0) is 11.3 Å². The predicted octanol–water partition coefficient (Wildman–Crippen LogP) is 4.44. The van der Waals surface area contributed by atoms with E-state index in [9.17, 15) is 4.79 Å². The van der Waals surface area contributed by atoms with Gasteiger partial charge in [-0.15, -0.1) is 11.3 Å². The summed E-state index contributed by atoms with van der Waals surface area (Å²) in [6, 6.07) is 8.07. The van der Waals surface area contributed by atoms with Crippen LogP contribution < -0.4 is 0 Å². The number of hydrogen-bond donors (Lipinski definition) is 0. The van der Waals surface area contributed by atoms with Crippen molar-refractivity contribution >= 4 is 27.6 Å². The molecule has 1 aliphatic rings. The average Bonchev–Trinajstić information content (AvgIpc) is 3.13. The highest BCUT2D eigenvalue weighted by atomic mass is 32.1. The van der Waals surface area contributed by atoms with Crippen LogP contribution >= 0.6 is 11.3 Å². The van der Waals surface area contributed by atoms with Crippen molar-refractivity contribution in [3.05, 3.63) is 29.3 Å².